The Morgan fingerprint density at radius 1 is 0.881 bits per heavy atom. The van der Waals surface area contributed by atoms with Crippen molar-refractivity contribution in [1.29, 1.82) is 0 Å². The van der Waals surface area contributed by atoms with Crippen LogP contribution in [0.4, 0.5) is 10.1 Å². The summed E-state index contributed by atoms with van der Waals surface area (Å²) in [6.07, 6.45) is 2.85. The van der Waals surface area contributed by atoms with E-state index in [4.69, 9.17) is 18.9 Å². The normalized spacial score (nSPS) is 14.6. The first kappa shape index (κ1) is 31.6. The summed E-state index contributed by atoms with van der Waals surface area (Å²) in [7, 11) is 5.04. The van der Waals surface area contributed by atoms with Crippen molar-refractivity contribution in [3.05, 3.63) is 82.7 Å². The van der Waals surface area contributed by atoms with Crippen LogP contribution in [0, 0.1) is 5.82 Å². The molecule has 3 aromatic rings. The number of methoxy groups -OCH3 is 3. The van der Waals surface area contributed by atoms with Crippen molar-refractivity contribution in [3.63, 3.8) is 0 Å². The number of anilines is 1. The van der Waals surface area contributed by atoms with Crippen LogP contribution in [0.3, 0.4) is 0 Å². The third-order valence-corrected chi connectivity index (χ3v) is 8.08. The molecule has 0 saturated heterocycles. The van der Waals surface area contributed by atoms with Gasteiger partial charge in [-0.1, -0.05) is 18.2 Å². The van der Waals surface area contributed by atoms with Gasteiger partial charge in [0, 0.05) is 58.7 Å². The predicted molar refractivity (Wildman–Crippen MR) is 165 cm³/mol. The van der Waals surface area contributed by atoms with Crippen LogP contribution in [0.25, 0.3) is 0 Å². The van der Waals surface area contributed by atoms with Gasteiger partial charge in [0.05, 0.1) is 20.3 Å². The van der Waals surface area contributed by atoms with E-state index in [0.717, 1.165) is 55.9 Å². The molecule has 0 aliphatic heterocycles. The molecule has 1 N–H and O–H groups in total. The molecule has 7 nitrogen and oxygen atoms in total. The van der Waals surface area contributed by atoms with E-state index in [1.807, 2.05) is 24.3 Å². The SMILES string of the molecule is CCN(Cc1ccc(OCCN(CCOC)CCOC)c(F)c1)c1cc(OC)ccc1C1CCc2cc(O)ccc2C1. The average Bonchev–Trinajstić information content (AvgIpc) is 3.01. The molecule has 1 aliphatic carbocycles. The van der Waals surface area contributed by atoms with Crippen molar-refractivity contribution in [2.75, 3.05) is 72.2 Å². The average molecular weight is 581 g/mol. The molecule has 0 heterocycles. The van der Waals surface area contributed by atoms with Crippen LogP contribution in [-0.2, 0) is 28.9 Å². The van der Waals surface area contributed by atoms with Gasteiger partial charge in [-0.05, 0) is 84.7 Å². The fourth-order valence-corrected chi connectivity index (χ4v) is 5.68. The Labute approximate surface area is 249 Å². The van der Waals surface area contributed by atoms with E-state index in [-0.39, 0.29) is 11.6 Å². The topological polar surface area (TPSA) is 63.6 Å². The highest BCUT2D eigenvalue weighted by atomic mass is 19.1. The number of aryl methyl sites for hydroxylation is 1. The van der Waals surface area contributed by atoms with Crippen LogP contribution >= 0.6 is 0 Å². The highest BCUT2D eigenvalue weighted by molar-refractivity contribution is 5.60. The van der Waals surface area contributed by atoms with E-state index in [1.165, 1.54) is 16.7 Å². The van der Waals surface area contributed by atoms with Gasteiger partial charge in [-0.3, -0.25) is 4.90 Å². The third kappa shape index (κ3) is 8.37. The van der Waals surface area contributed by atoms with Crippen molar-refractivity contribution in [2.24, 2.45) is 0 Å². The van der Waals surface area contributed by atoms with Crippen LogP contribution in [0.1, 0.15) is 41.5 Å². The fourth-order valence-electron chi connectivity index (χ4n) is 5.68. The van der Waals surface area contributed by atoms with Crippen LogP contribution in [-0.4, -0.2) is 77.3 Å². The predicted octanol–water partition coefficient (Wildman–Crippen LogP) is 5.81. The molecule has 0 spiro atoms. The van der Waals surface area contributed by atoms with Gasteiger partial charge in [-0.25, -0.2) is 4.39 Å². The quantitative estimate of drug-likeness (QED) is 0.229. The molecule has 1 aliphatic rings. The first-order chi connectivity index (χ1) is 20.4. The summed E-state index contributed by atoms with van der Waals surface area (Å²) in [4.78, 5) is 4.46. The number of fused-ring (bicyclic) bond motifs is 1. The number of ether oxygens (including phenoxy) is 4. The van der Waals surface area contributed by atoms with Crippen molar-refractivity contribution >= 4 is 5.69 Å². The number of hydrogen-bond donors (Lipinski definition) is 1. The van der Waals surface area contributed by atoms with Crippen LogP contribution in [0.15, 0.2) is 54.6 Å². The molecule has 0 radical (unpaired) electrons. The zero-order valence-corrected chi connectivity index (χ0v) is 25.4. The van der Waals surface area contributed by atoms with Gasteiger partial charge < -0.3 is 29.0 Å². The summed E-state index contributed by atoms with van der Waals surface area (Å²) in [5, 5.41) is 9.91. The van der Waals surface area contributed by atoms with Crippen LogP contribution < -0.4 is 14.4 Å². The van der Waals surface area contributed by atoms with Crippen molar-refractivity contribution in [3.8, 4) is 17.2 Å². The summed E-state index contributed by atoms with van der Waals surface area (Å²) in [5.41, 5.74) is 5.76. The van der Waals surface area contributed by atoms with Gasteiger partial charge in [-0.2, -0.15) is 0 Å². The molecule has 0 saturated carbocycles. The number of aromatic hydroxyl groups is 1. The number of hydrogen-bond acceptors (Lipinski definition) is 7. The molecule has 4 rings (SSSR count). The van der Waals surface area contributed by atoms with Crippen LogP contribution in [0.2, 0.25) is 0 Å². The lowest BCUT2D eigenvalue weighted by Crippen LogP contribution is -2.34. The first-order valence-corrected chi connectivity index (χ1v) is 14.8. The van der Waals surface area contributed by atoms with E-state index in [0.29, 0.717) is 44.6 Å². The molecular weight excluding hydrogens is 535 g/mol. The lowest BCUT2D eigenvalue weighted by Gasteiger charge is -2.32. The third-order valence-electron chi connectivity index (χ3n) is 8.08. The summed E-state index contributed by atoms with van der Waals surface area (Å²) in [6.45, 7) is 7.24. The van der Waals surface area contributed by atoms with E-state index in [2.05, 4.69) is 28.9 Å². The standard InChI is InChI=1S/C34H45FN2O5/c1-5-37(24-25-6-13-34(32(35)20-25)42-19-16-36(14-17-39-2)15-18-40-3)33-23-30(41-4)11-12-31(33)28-8-7-27-22-29(38)10-9-26(27)21-28/h6,9-13,20,22-23,28,38H,5,7-8,14-19,21,24H2,1-4H3. The largest absolute Gasteiger partial charge is 0.508 e. The van der Waals surface area contributed by atoms with Gasteiger partial charge >= 0.3 is 0 Å². The lowest BCUT2D eigenvalue weighted by atomic mass is 9.79. The highest BCUT2D eigenvalue weighted by Gasteiger charge is 2.25. The molecule has 42 heavy (non-hydrogen) atoms. The van der Waals surface area contributed by atoms with E-state index in [1.54, 1.807) is 39.5 Å². The zero-order chi connectivity index (χ0) is 29.9. The Bertz CT molecular complexity index is 1280. The summed E-state index contributed by atoms with van der Waals surface area (Å²) in [5.74, 6) is 1.37. The van der Waals surface area contributed by atoms with E-state index < -0.39 is 0 Å². The number of phenols is 1. The Kier molecular flexibility index (Phi) is 11.9. The maximum absolute atomic E-state index is 15.2. The van der Waals surface area contributed by atoms with Crippen molar-refractivity contribution < 1.29 is 28.4 Å². The number of benzene rings is 3. The Hall–Kier alpha value is -3.33. The minimum Gasteiger partial charge on any atom is -0.508 e. The second kappa shape index (κ2) is 15.8. The number of halogens is 1. The van der Waals surface area contributed by atoms with Crippen molar-refractivity contribution in [1.82, 2.24) is 4.90 Å². The summed E-state index contributed by atoms with van der Waals surface area (Å²) >= 11 is 0. The molecule has 0 fully saturated rings. The number of nitrogens with zero attached hydrogens (tertiary/aromatic N) is 2. The number of rotatable bonds is 16. The first-order valence-electron chi connectivity index (χ1n) is 14.8. The lowest BCUT2D eigenvalue weighted by molar-refractivity contribution is 0.103. The second-order valence-electron chi connectivity index (χ2n) is 10.8. The van der Waals surface area contributed by atoms with Gasteiger partial charge in [0.15, 0.2) is 11.6 Å². The fraction of sp³-hybridized carbons (Fsp3) is 0.471. The summed E-state index contributed by atoms with van der Waals surface area (Å²) in [6, 6.07) is 17.2. The monoisotopic (exact) mass is 580 g/mol. The Morgan fingerprint density at radius 2 is 1.64 bits per heavy atom. The molecule has 228 valence electrons. The van der Waals surface area contributed by atoms with Gasteiger partial charge in [0.1, 0.15) is 18.1 Å². The minimum absolute atomic E-state index is 0.259. The Morgan fingerprint density at radius 3 is 2.33 bits per heavy atom. The molecular formula is C34H45FN2O5. The minimum atomic E-state index is -0.359. The van der Waals surface area contributed by atoms with Gasteiger partial charge in [-0.15, -0.1) is 0 Å². The van der Waals surface area contributed by atoms with Gasteiger partial charge in [0.25, 0.3) is 0 Å². The maximum Gasteiger partial charge on any atom is 0.165 e. The van der Waals surface area contributed by atoms with Crippen molar-refractivity contribution in [2.45, 2.75) is 38.6 Å². The molecule has 0 amide bonds. The summed E-state index contributed by atoms with van der Waals surface area (Å²) < 4.78 is 37.0. The second-order valence-corrected chi connectivity index (χ2v) is 10.8. The molecule has 1 unspecified atom stereocenters. The smallest absolute Gasteiger partial charge is 0.165 e. The molecule has 1 atom stereocenters. The number of phenolic OH excluding ortho intramolecular Hbond substituents is 1. The van der Waals surface area contributed by atoms with Gasteiger partial charge in [0.2, 0.25) is 0 Å². The van der Waals surface area contributed by atoms with Crippen LogP contribution in [0.5, 0.6) is 17.2 Å². The maximum atomic E-state index is 15.2. The Balaban J connectivity index is 1.46. The molecule has 0 aromatic heterocycles. The van der Waals surface area contributed by atoms with E-state index >= 15 is 4.39 Å². The van der Waals surface area contributed by atoms with E-state index in [9.17, 15) is 5.11 Å². The molecule has 3 aromatic carbocycles. The zero-order valence-electron chi connectivity index (χ0n) is 25.4. The molecule has 8 heteroatoms. The molecule has 0 bridgehead atoms. The highest BCUT2D eigenvalue weighted by Crippen LogP contribution is 2.40.